The molecule has 1 saturated carbocycles. The zero-order valence-corrected chi connectivity index (χ0v) is 9.46. The van der Waals surface area contributed by atoms with Crippen molar-refractivity contribution in [2.75, 3.05) is 20.2 Å². The molecule has 0 heterocycles. The maximum absolute atomic E-state index is 5.64. The van der Waals surface area contributed by atoms with Crippen molar-refractivity contribution >= 4 is 0 Å². The molecular formula is C11H24N2O. The molecule has 14 heavy (non-hydrogen) atoms. The fourth-order valence-corrected chi connectivity index (χ4v) is 1.90. The van der Waals surface area contributed by atoms with Gasteiger partial charge in [0.05, 0.1) is 6.10 Å². The van der Waals surface area contributed by atoms with E-state index in [0.717, 1.165) is 13.1 Å². The summed E-state index contributed by atoms with van der Waals surface area (Å²) in [5, 5.41) is 3.55. The average Bonchev–Trinajstić information content (AvgIpc) is 2.15. The van der Waals surface area contributed by atoms with E-state index in [0.29, 0.717) is 18.1 Å². The molecule has 0 aliphatic heterocycles. The van der Waals surface area contributed by atoms with Crippen molar-refractivity contribution in [3.8, 4) is 0 Å². The maximum Gasteiger partial charge on any atom is 0.0601 e. The Morgan fingerprint density at radius 3 is 2.71 bits per heavy atom. The summed E-state index contributed by atoms with van der Waals surface area (Å²) in [6.45, 7) is 4.14. The summed E-state index contributed by atoms with van der Waals surface area (Å²) in [6.07, 6.45) is 5.26. The van der Waals surface area contributed by atoms with Gasteiger partial charge >= 0.3 is 0 Å². The minimum Gasteiger partial charge on any atom is -0.381 e. The molecule has 0 aromatic rings. The smallest absolute Gasteiger partial charge is 0.0601 e. The van der Waals surface area contributed by atoms with Gasteiger partial charge in [-0.05, 0) is 38.3 Å². The van der Waals surface area contributed by atoms with E-state index >= 15 is 0 Å². The van der Waals surface area contributed by atoms with E-state index in [-0.39, 0.29) is 0 Å². The van der Waals surface area contributed by atoms with Crippen molar-refractivity contribution in [1.82, 2.24) is 5.32 Å². The van der Waals surface area contributed by atoms with Gasteiger partial charge in [-0.3, -0.25) is 0 Å². The van der Waals surface area contributed by atoms with Crippen LogP contribution in [0.3, 0.4) is 0 Å². The number of methoxy groups -OCH3 is 1. The van der Waals surface area contributed by atoms with Gasteiger partial charge in [-0.15, -0.1) is 0 Å². The quantitative estimate of drug-likeness (QED) is 0.647. The molecule has 1 rings (SSSR count). The van der Waals surface area contributed by atoms with Crippen molar-refractivity contribution in [3.05, 3.63) is 0 Å². The molecule has 1 aliphatic rings. The first-order valence-corrected chi connectivity index (χ1v) is 5.76. The summed E-state index contributed by atoms with van der Waals surface area (Å²) in [6, 6.07) is 0.690. The molecular weight excluding hydrogens is 176 g/mol. The molecule has 3 N–H and O–H groups in total. The van der Waals surface area contributed by atoms with Crippen LogP contribution in [0.2, 0.25) is 0 Å². The van der Waals surface area contributed by atoms with E-state index in [1.54, 1.807) is 7.11 Å². The Kier molecular flexibility index (Phi) is 5.45. The summed E-state index contributed by atoms with van der Waals surface area (Å²) in [5.41, 5.74) is 5.64. The molecule has 1 atom stereocenters. The molecule has 0 aromatic heterocycles. The van der Waals surface area contributed by atoms with E-state index in [4.69, 9.17) is 10.5 Å². The van der Waals surface area contributed by atoms with Crippen LogP contribution in [-0.4, -0.2) is 32.3 Å². The number of ether oxygens (including phenoxy) is 1. The maximum atomic E-state index is 5.64. The van der Waals surface area contributed by atoms with Crippen LogP contribution >= 0.6 is 0 Å². The lowest BCUT2D eigenvalue weighted by Crippen LogP contribution is -2.45. The van der Waals surface area contributed by atoms with Gasteiger partial charge in [0, 0.05) is 13.2 Å². The Labute approximate surface area is 87.4 Å². The average molecular weight is 200 g/mol. The minimum atomic E-state index is 0.504. The second kappa shape index (κ2) is 6.38. The summed E-state index contributed by atoms with van der Waals surface area (Å²) in [5.74, 6) is 0.695. The summed E-state index contributed by atoms with van der Waals surface area (Å²) in [4.78, 5) is 0. The highest BCUT2D eigenvalue weighted by Crippen LogP contribution is 2.22. The number of rotatable bonds is 7. The van der Waals surface area contributed by atoms with Gasteiger partial charge < -0.3 is 15.8 Å². The fraction of sp³-hybridized carbons (Fsp3) is 1.00. The normalized spacial score (nSPS) is 28.5. The Hall–Kier alpha value is -0.120. The predicted molar refractivity (Wildman–Crippen MR) is 59.3 cm³/mol. The minimum absolute atomic E-state index is 0.504. The number of nitrogens with two attached hydrogens (primary N) is 1. The van der Waals surface area contributed by atoms with Crippen LogP contribution in [0.15, 0.2) is 0 Å². The van der Waals surface area contributed by atoms with Crippen LogP contribution in [0.1, 0.15) is 32.6 Å². The topological polar surface area (TPSA) is 47.3 Å². The van der Waals surface area contributed by atoms with Gasteiger partial charge in [0.2, 0.25) is 0 Å². The third-order valence-corrected chi connectivity index (χ3v) is 3.32. The molecule has 1 aliphatic carbocycles. The van der Waals surface area contributed by atoms with E-state index in [1.165, 1.54) is 25.7 Å². The lowest BCUT2D eigenvalue weighted by molar-refractivity contribution is 0.0172. The third kappa shape index (κ3) is 3.56. The first-order valence-electron chi connectivity index (χ1n) is 5.76. The molecule has 0 radical (unpaired) electrons. The van der Waals surface area contributed by atoms with Crippen LogP contribution in [0.5, 0.6) is 0 Å². The van der Waals surface area contributed by atoms with Crippen molar-refractivity contribution in [2.45, 2.75) is 44.8 Å². The molecule has 1 fully saturated rings. The first kappa shape index (κ1) is 12.0. The van der Waals surface area contributed by atoms with Crippen LogP contribution in [-0.2, 0) is 4.74 Å². The highest BCUT2D eigenvalue weighted by atomic mass is 16.5. The van der Waals surface area contributed by atoms with Gasteiger partial charge in [0.1, 0.15) is 0 Å². The van der Waals surface area contributed by atoms with E-state index < -0.39 is 0 Å². The molecule has 3 heteroatoms. The van der Waals surface area contributed by atoms with Crippen LogP contribution in [0.4, 0.5) is 0 Å². The van der Waals surface area contributed by atoms with Gasteiger partial charge in [0.15, 0.2) is 0 Å². The highest BCUT2D eigenvalue weighted by Gasteiger charge is 2.28. The van der Waals surface area contributed by atoms with Crippen molar-refractivity contribution in [3.63, 3.8) is 0 Å². The summed E-state index contributed by atoms with van der Waals surface area (Å²) in [7, 11) is 1.79. The number of hydrogen-bond donors (Lipinski definition) is 2. The summed E-state index contributed by atoms with van der Waals surface area (Å²) >= 11 is 0. The Morgan fingerprint density at radius 2 is 2.21 bits per heavy atom. The van der Waals surface area contributed by atoms with Crippen LogP contribution < -0.4 is 11.1 Å². The number of nitrogens with one attached hydrogen (secondary N) is 1. The molecule has 3 nitrogen and oxygen atoms in total. The molecule has 0 bridgehead atoms. The Bertz CT molecular complexity index is 142. The molecule has 84 valence electrons. The predicted octanol–water partition coefficient (Wildman–Crippen LogP) is 1.13. The lowest BCUT2D eigenvalue weighted by Gasteiger charge is -2.35. The van der Waals surface area contributed by atoms with Crippen LogP contribution in [0.25, 0.3) is 0 Å². The monoisotopic (exact) mass is 200 g/mol. The second-order valence-electron chi connectivity index (χ2n) is 4.28. The SMILES string of the molecule is CCC(CN)CCNC1CC(OC)C1. The molecule has 0 saturated heterocycles. The zero-order chi connectivity index (χ0) is 10.4. The van der Waals surface area contributed by atoms with E-state index in [1.807, 2.05) is 0 Å². The Balaban J connectivity index is 1.94. The Morgan fingerprint density at radius 1 is 1.50 bits per heavy atom. The van der Waals surface area contributed by atoms with E-state index in [2.05, 4.69) is 12.2 Å². The molecule has 1 unspecified atom stereocenters. The van der Waals surface area contributed by atoms with E-state index in [9.17, 15) is 0 Å². The zero-order valence-electron chi connectivity index (χ0n) is 9.46. The van der Waals surface area contributed by atoms with Gasteiger partial charge in [0.25, 0.3) is 0 Å². The third-order valence-electron chi connectivity index (χ3n) is 3.32. The van der Waals surface area contributed by atoms with Crippen LogP contribution in [0, 0.1) is 5.92 Å². The first-order chi connectivity index (χ1) is 6.80. The van der Waals surface area contributed by atoms with Crippen molar-refractivity contribution in [1.29, 1.82) is 0 Å². The van der Waals surface area contributed by atoms with Gasteiger partial charge in [-0.2, -0.15) is 0 Å². The summed E-state index contributed by atoms with van der Waals surface area (Å²) < 4.78 is 5.23. The molecule has 0 aromatic carbocycles. The fourth-order valence-electron chi connectivity index (χ4n) is 1.90. The number of hydrogen-bond acceptors (Lipinski definition) is 3. The lowest BCUT2D eigenvalue weighted by atomic mass is 9.89. The second-order valence-corrected chi connectivity index (χ2v) is 4.28. The van der Waals surface area contributed by atoms with Crippen molar-refractivity contribution < 1.29 is 4.74 Å². The van der Waals surface area contributed by atoms with Crippen molar-refractivity contribution in [2.24, 2.45) is 11.7 Å². The highest BCUT2D eigenvalue weighted by molar-refractivity contribution is 4.85. The van der Waals surface area contributed by atoms with Gasteiger partial charge in [-0.25, -0.2) is 0 Å². The largest absolute Gasteiger partial charge is 0.381 e. The van der Waals surface area contributed by atoms with Gasteiger partial charge in [-0.1, -0.05) is 13.3 Å². The standard InChI is InChI=1S/C11H24N2O/c1-3-9(8-12)4-5-13-10-6-11(7-10)14-2/h9-11,13H,3-8,12H2,1-2H3. The molecule has 0 spiro atoms. The molecule has 0 amide bonds.